The summed E-state index contributed by atoms with van der Waals surface area (Å²) < 4.78 is 5.91. The van der Waals surface area contributed by atoms with E-state index in [-0.39, 0.29) is 41.6 Å². The lowest BCUT2D eigenvalue weighted by Gasteiger charge is -2.33. The summed E-state index contributed by atoms with van der Waals surface area (Å²) >= 11 is 0. The van der Waals surface area contributed by atoms with Gasteiger partial charge in [0.15, 0.2) is 0 Å². The number of amides is 4. The minimum atomic E-state index is -0.575. The van der Waals surface area contributed by atoms with Crippen LogP contribution in [0.4, 0.5) is 4.79 Å². The van der Waals surface area contributed by atoms with Crippen LogP contribution < -0.4 is 15.8 Å². The molecule has 4 amide bonds. The smallest absolute Gasteiger partial charge is 0.325 e. The molecule has 0 spiro atoms. The SMILES string of the molecule is NC(=O)c1cccnc1O[C@H]1CC[C@H](N2C(=O)NC(CC3CCCC3)C2=O)CC1. The number of primary amides is 1. The molecule has 1 atom stereocenters. The predicted octanol–water partition coefficient (Wildman–Crippen LogP) is 2.37. The molecular weight excluding hydrogens is 372 g/mol. The van der Waals surface area contributed by atoms with Gasteiger partial charge in [0.1, 0.15) is 17.7 Å². The zero-order valence-corrected chi connectivity index (χ0v) is 16.5. The molecule has 4 rings (SSSR count). The van der Waals surface area contributed by atoms with Crippen LogP contribution >= 0.6 is 0 Å². The van der Waals surface area contributed by atoms with Gasteiger partial charge >= 0.3 is 6.03 Å². The Balaban J connectivity index is 1.33. The number of ether oxygens (including phenoxy) is 1. The topological polar surface area (TPSA) is 115 Å². The number of rotatable bonds is 6. The Morgan fingerprint density at radius 3 is 2.59 bits per heavy atom. The van der Waals surface area contributed by atoms with E-state index in [2.05, 4.69) is 10.3 Å². The van der Waals surface area contributed by atoms with Crippen LogP contribution in [-0.4, -0.2) is 45.9 Å². The molecule has 0 bridgehead atoms. The molecule has 2 heterocycles. The number of hydrogen-bond donors (Lipinski definition) is 2. The van der Waals surface area contributed by atoms with Crippen LogP contribution in [0.1, 0.15) is 68.1 Å². The fourth-order valence-corrected chi connectivity index (χ4v) is 4.88. The fraction of sp³-hybridized carbons (Fsp3) is 0.619. The number of nitrogens with two attached hydrogens (primary N) is 1. The summed E-state index contributed by atoms with van der Waals surface area (Å²) in [7, 11) is 0. The zero-order valence-electron chi connectivity index (χ0n) is 16.5. The van der Waals surface area contributed by atoms with Crippen LogP contribution in [0.2, 0.25) is 0 Å². The summed E-state index contributed by atoms with van der Waals surface area (Å²) in [4.78, 5) is 42.4. The number of aromatic nitrogens is 1. The van der Waals surface area contributed by atoms with E-state index in [1.54, 1.807) is 18.3 Å². The summed E-state index contributed by atoms with van der Waals surface area (Å²) in [5.74, 6) is 0.141. The Kier molecular flexibility index (Phi) is 5.69. The van der Waals surface area contributed by atoms with Crippen LogP contribution in [-0.2, 0) is 4.79 Å². The zero-order chi connectivity index (χ0) is 20.4. The van der Waals surface area contributed by atoms with E-state index < -0.39 is 5.91 Å². The van der Waals surface area contributed by atoms with Crippen molar-refractivity contribution in [1.82, 2.24) is 15.2 Å². The summed E-state index contributed by atoms with van der Waals surface area (Å²) in [5.41, 5.74) is 5.64. The second-order valence-corrected chi connectivity index (χ2v) is 8.37. The highest BCUT2D eigenvalue weighted by Crippen LogP contribution is 2.32. The van der Waals surface area contributed by atoms with Gasteiger partial charge in [0.2, 0.25) is 5.88 Å². The third-order valence-corrected chi connectivity index (χ3v) is 6.42. The van der Waals surface area contributed by atoms with E-state index >= 15 is 0 Å². The number of imide groups is 1. The van der Waals surface area contributed by atoms with Gasteiger partial charge in [-0.1, -0.05) is 25.7 Å². The van der Waals surface area contributed by atoms with Gasteiger partial charge in [-0.3, -0.25) is 14.5 Å². The standard InChI is InChI=1S/C21H28N4O4/c22-18(26)16-6-3-11-23-19(16)29-15-9-7-14(8-10-15)25-20(27)17(24-21(25)28)12-13-4-1-2-5-13/h3,6,11,13-15,17H,1-2,4-5,7-10,12H2,(H2,22,26)(H,24,28)/t14-,15-,17?. The van der Waals surface area contributed by atoms with Gasteiger partial charge in [-0.2, -0.15) is 0 Å². The van der Waals surface area contributed by atoms with E-state index in [0.29, 0.717) is 31.6 Å². The van der Waals surface area contributed by atoms with Gasteiger partial charge in [0.25, 0.3) is 11.8 Å². The van der Waals surface area contributed by atoms with Crippen molar-refractivity contribution in [3.63, 3.8) is 0 Å². The first-order valence-electron chi connectivity index (χ1n) is 10.6. The molecule has 3 N–H and O–H groups in total. The lowest BCUT2D eigenvalue weighted by molar-refractivity contribution is -0.130. The quantitative estimate of drug-likeness (QED) is 0.712. The first-order valence-corrected chi connectivity index (χ1v) is 10.6. The number of urea groups is 1. The molecule has 1 saturated heterocycles. The minimum absolute atomic E-state index is 0.0768. The molecule has 156 valence electrons. The number of nitrogens with one attached hydrogen (secondary N) is 1. The Morgan fingerprint density at radius 1 is 1.17 bits per heavy atom. The second kappa shape index (κ2) is 8.39. The van der Waals surface area contributed by atoms with E-state index in [1.807, 2.05) is 0 Å². The normalized spacial score (nSPS) is 27.9. The Morgan fingerprint density at radius 2 is 1.90 bits per heavy atom. The molecule has 0 aromatic carbocycles. The van der Waals surface area contributed by atoms with Crippen molar-refractivity contribution >= 4 is 17.8 Å². The van der Waals surface area contributed by atoms with Gasteiger partial charge in [0.05, 0.1) is 0 Å². The average Bonchev–Trinajstić information content (AvgIpc) is 3.31. The van der Waals surface area contributed by atoms with Crippen molar-refractivity contribution in [2.24, 2.45) is 11.7 Å². The van der Waals surface area contributed by atoms with Crippen molar-refractivity contribution in [2.75, 3.05) is 0 Å². The first-order chi connectivity index (χ1) is 14.0. The predicted molar refractivity (Wildman–Crippen MR) is 105 cm³/mol. The van der Waals surface area contributed by atoms with Gasteiger partial charge in [0, 0.05) is 12.2 Å². The number of carbonyl (C=O) groups is 3. The summed E-state index contributed by atoms with van der Waals surface area (Å²) in [5, 5.41) is 2.89. The van der Waals surface area contributed by atoms with Crippen molar-refractivity contribution in [2.45, 2.75) is 76.0 Å². The van der Waals surface area contributed by atoms with Crippen LogP contribution in [0.15, 0.2) is 18.3 Å². The Labute approximate surface area is 170 Å². The second-order valence-electron chi connectivity index (χ2n) is 8.37. The molecule has 2 saturated carbocycles. The van der Waals surface area contributed by atoms with Crippen molar-refractivity contribution in [3.05, 3.63) is 23.9 Å². The maximum atomic E-state index is 12.8. The van der Waals surface area contributed by atoms with Crippen LogP contribution in [0.5, 0.6) is 5.88 Å². The van der Waals surface area contributed by atoms with Gasteiger partial charge < -0.3 is 15.8 Å². The Bertz CT molecular complexity index is 785. The molecule has 1 aliphatic heterocycles. The highest BCUT2D eigenvalue weighted by molar-refractivity contribution is 6.04. The van der Waals surface area contributed by atoms with E-state index in [4.69, 9.17) is 10.5 Å². The van der Waals surface area contributed by atoms with Gasteiger partial charge in [-0.25, -0.2) is 9.78 Å². The van der Waals surface area contributed by atoms with E-state index in [9.17, 15) is 14.4 Å². The molecule has 2 aliphatic carbocycles. The number of pyridine rings is 1. The molecule has 0 radical (unpaired) electrons. The average molecular weight is 400 g/mol. The number of nitrogens with zero attached hydrogens (tertiary/aromatic N) is 2. The van der Waals surface area contributed by atoms with Crippen LogP contribution in [0, 0.1) is 5.92 Å². The molecule has 29 heavy (non-hydrogen) atoms. The lowest BCUT2D eigenvalue weighted by atomic mass is 9.91. The van der Waals surface area contributed by atoms with E-state index in [0.717, 1.165) is 19.3 Å². The van der Waals surface area contributed by atoms with Crippen molar-refractivity contribution < 1.29 is 19.1 Å². The highest BCUT2D eigenvalue weighted by Gasteiger charge is 2.44. The molecule has 1 aromatic heterocycles. The van der Waals surface area contributed by atoms with Crippen molar-refractivity contribution in [1.29, 1.82) is 0 Å². The molecule has 8 nitrogen and oxygen atoms in total. The van der Waals surface area contributed by atoms with E-state index in [1.165, 1.54) is 17.7 Å². The Hall–Kier alpha value is -2.64. The summed E-state index contributed by atoms with van der Waals surface area (Å²) in [6, 6.07) is 2.50. The molecule has 3 aliphatic rings. The number of carbonyl (C=O) groups excluding carboxylic acids is 3. The lowest BCUT2D eigenvalue weighted by Crippen LogP contribution is -2.44. The maximum absolute atomic E-state index is 12.8. The largest absolute Gasteiger partial charge is 0.474 e. The minimum Gasteiger partial charge on any atom is -0.474 e. The molecule has 3 fully saturated rings. The first kappa shape index (κ1) is 19.7. The molecule has 8 heteroatoms. The highest BCUT2D eigenvalue weighted by atomic mass is 16.5. The third kappa shape index (κ3) is 4.21. The summed E-state index contributed by atoms with van der Waals surface area (Å²) in [6.45, 7) is 0. The molecule has 1 unspecified atom stereocenters. The van der Waals surface area contributed by atoms with Gasteiger partial charge in [-0.05, 0) is 50.2 Å². The summed E-state index contributed by atoms with van der Waals surface area (Å²) in [6.07, 6.45) is 9.69. The van der Waals surface area contributed by atoms with Crippen molar-refractivity contribution in [3.8, 4) is 5.88 Å². The van der Waals surface area contributed by atoms with Crippen LogP contribution in [0.25, 0.3) is 0 Å². The van der Waals surface area contributed by atoms with Gasteiger partial charge in [-0.15, -0.1) is 0 Å². The monoisotopic (exact) mass is 400 g/mol. The fourth-order valence-electron chi connectivity index (χ4n) is 4.88. The molecule has 1 aromatic rings. The number of hydrogen-bond acceptors (Lipinski definition) is 5. The maximum Gasteiger partial charge on any atom is 0.325 e. The third-order valence-electron chi connectivity index (χ3n) is 6.42. The molecular formula is C21H28N4O4. The van der Waals surface area contributed by atoms with Crippen LogP contribution in [0.3, 0.4) is 0 Å².